The number of carbonyl (C=O) groups excluding carboxylic acids is 1. The van der Waals surface area contributed by atoms with Crippen LogP contribution in [0.2, 0.25) is 0 Å². The second-order valence-electron chi connectivity index (χ2n) is 8.58. The zero-order valence-corrected chi connectivity index (χ0v) is 21.0. The molecule has 0 fully saturated rings. The van der Waals surface area contributed by atoms with Crippen molar-refractivity contribution in [3.63, 3.8) is 0 Å². The number of nitrogens with zero attached hydrogens (tertiary/aromatic N) is 3. The largest absolute Gasteiger partial charge is 0.480 e. The first-order valence-electron chi connectivity index (χ1n) is 12.0. The maximum absolute atomic E-state index is 13.0. The molecule has 0 atom stereocenters. The lowest BCUT2D eigenvalue weighted by molar-refractivity contribution is -0.142. The number of amides is 1. The maximum Gasteiger partial charge on any atom is 0.416 e. The van der Waals surface area contributed by atoms with Crippen molar-refractivity contribution in [2.45, 2.75) is 6.18 Å². The van der Waals surface area contributed by atoms with Gasteiger partial charge >= 0.3 is 12.1 Å². The second-order valence-corrected chi connectivity index (χ2v) is 8.58. The molecule has 2 aromatic carbocycles. The number of nitrogens with one attached hydrogen (secondary N) is 1. The summed E-state index contributed by atoms with van der Waals surface area (Å²) in [7, 11) is 1.75. The standard InChI is InChI=1S/C26H27F3N4O6/c1-32-15-21-20-14-17(25(36)30-8-9-37-10-11-38-12-13-39-16-23(34)35)2-7-22(20)33(24(21)31-32)19-5-3-18(4-6-19)26(27,28)29/h2-7,14-15H,8-13,16H2,1H3,(H,30,36)(H,34,35). The van der Waals surface area contributed by atoms with Gasteiger partial charge in [-0.15, -0.1) is 0 Å². The Morgan fingerprint density at radius 2 is 1.62 bits per heavy atom. The van der Waals surface area contributed by atoms with Crippen molar-refractivity contribution in [3.8, 4) is 5.69 Å². The fourth-order valence-electron chi connectivity index (χ4n) is 4.03. The molecule has 4 rings (SSSR count). The van der Waals surface area contributed by atoms with Crippen LogP contribution in [0.4, 0.5) is 13.2 Å². The number of ether oxygens (including phenoxy) is 3. The number of fused-ring (bicyclic) bond motifs is 3. The number of rotatable bonds is 13. The van der Waals surface area contributed by atoms with Crippen molar-refractivity contribution < 1.29 is 42.1 Å². The molecule has 0 saturated heterocycles. The van der Waals surface area contributed by atoms with E-state index in [0.29, 0.717) is 35.6 Å². The van der Waals surface area contributed by atoms with Crippen molar-refractivity contribution in [1.29, 1.82) is 0 Å². The molecule has 0 bridgehead atoms. The first-order chi connectivity index (χ1) is 18.6. The van der Waals surface area contributed by atoms with Crippen molar-refractivity contribution >= 4 is 33.8 Å². The monoisotopic (exact) mass is 548 g/mol. The van der Waals surface area contributed by atoms with E-state index in [4.69, 9.17) is 19.3 Å². The van der Waals surface area contributed by atoms with Crippen LogP contribution in [0.3, 0.4) is 0 Å². The van der Waals surface area contributed by atoms with Gasteiger partial charge in [-0.3, -0.25) is 14.0 Å². The van der Waals surface area contributed by atoms with E-state index in [1.807, 2.05) is 0 Å². The Morgan fingerprint density at radius 1 is 0.949 bits per heavy atom. The molecule has 0 aliphatic rings. The zero-order valence-electron chi connectivity index (χ0n) is 21.0. The van der Waals surface area contributed by atoms with Gasteiger partial charge in [-0.1, -0.05) is 0 Å². The molecule has 0 radical (unpaired) electrons. The van der Waals surface area contributed by atoms with Crippen molar-refractivity contribution in [2.75, 3.05) is 46.2 Å². The minimum Gasteiger partial charge on any atom is -0.480 e. The summed E-state index contributed by atoms with van der Waals surface area (Å²) in [5.41, 5.74) is 1.48. The molecule has 2 aromatic heterocycles. The van der Waals surface area contributed by atoms with Gasteiger partial charge in [0.05, 0.1) is 44.1 Å². The van der Waals surface area contributed by atoms with Crippen molar-refractivity contribution in [1.82, 2.24) is 19.7 Å². The van der Waals surface area contributed by atoms with E-state index in [2.05, 4.69) is 10.4 Å². The fraction of sp³-hybridized carbons (Fsp3) is 0.346. The summed E-state index contributed by atoms with van der Waals surface area (Å²) in [6.45, 7) is 1.20. The molecule has 4 aromatic rings. The van der Waals surface area contributed by atoms with Gasteiger partial charge in [0.25, 0.3) is 5.91 Å². The summed E-state index contributed by atoms with van der Waals surface area (Å²) in [5.74, 6) is -1.34. The average Bonchev–Trinajstić information content (AvgIpc) is 3.40. The van der Waals surface area contributed by atoms with Gasteiger partial charge in [-0.05, 0) is 42.5 Å². The first kappa shape index (κ1) is 28.1. The summed E-state index contributed by atoms with van der Waals surface area (Å²) in [6.07, 6.45) is -2.63. The Bertz CT molecular complexity index is 1450. The highest BCUT2D eigenvalue weighted by atomic mass is 19.4. The molecule has 13 heteroatoms. The second kappa shape index (κ2) is 12.3. The molecule has 10 nitrogen and oxygen atoms in total. The number of carbonyl (C=O) groups is 2. The number of benzene rings is 2. The van der Waals surface area contributed by atoms with Gasteiger partial charge in [-0.2, -0.15) is 18.3 Å². The number of aromatic nitrogens is 3. The Morgan fingerprint density at radius 3 is 2.28 bits per heavy atom. The van der Waals surface area contributed by atoms with E-state index in [-0.39, 0.29) is 38.9 Å². The van der Waals surface area contributed by atoms with Gasteiger partial charge in [0, 0.05) is 41.8 Å². The van der Waals surface area contributed by atoms with Crippen LogP contribution in [0.1, 0.15) is 15.9 Å². The fourth-order valence-corrected chi connectivity index (χ4v) is 4.03. The number of carboxylic acids is 1. The number of hydrogen-bond acceptors (Lipinski definition) is 6. The molecule has 0 aliphatic carbocycles. The lowest BCUT2D eigenvalue weighted by Gasteiger charge is -2.10. The Balaban J connectivity index is 1.36. The highest BCUT2D eigenvalue weighted by Gasteiger charge is 2.30. The number of alkyl halides is 3. The van der Waals surface area contributed by atoms with Gasteiger partial charge in [0.2, 0.25) is 0 Å². The van der Waals surface area contributed by atoms with E-state index >= 15 is 0 Å². The third-order valence-electron chi connectivity index (χ3n) is 5.77. The predicted molar refractivity (Wildman–Crippen MR) is 135 cm³/mol. The summed E-state index contributed by atoms with van der Waals surface area (Å²) in [6, 6.07) is 9.99. The Hall–Kier alpha value is -3.94. The molecule has 2 N–H and O–H groups in total. The van der Waals surface area contributed by atoms with E-state index in [1.165, 1.54) is 12.1 Å². The van der Waals surface area contributed by atoms with Crippen LogP contribution >= 0.6 is 0 Å². The van der Waals surface area contributed by atoms with Crippen LogP contribution < -0.4 is 5.32 Å². The molecule has 0 aliphatic heterocycles. The molecule has 0 unspecified atom stereocenters. The molecule has 0 spiro atoms. The minimum absolute atomic E-state index is 0.172. The lowest BCUT2D eigenvalue weighted by Crippen LogP contribution is -2.27. The third-order valence-corrected chi connectivity index (χ3v) is 5.77. The normalized spacial score (nSPS) is 11.9. The summed E-state index contributed by atoms with van der Waals surface area (Å²) >= 11 is 0. The van der Waals surface area contributed by atoms with Gasteiger partial charge in [0.15, 0.2) is 5.65 Å². The minimum atomic E-state index is -4.43. The summed E-state index contributed by atoms with van der Waals surface area (Å²) < 4.78 is 58.0. The zero-order chi connectivity index (χ0) is 28.0. The smallest absolute Gasteiger partial charge is 0.416 e. The predicted octanol–water partition coefficient (Wildman–Crippen LogP) is 3.40. The number of halogens is 3. The van der Waals surface area contributed by atoms with Crippen molar-refractivity contribution in [3.05, 3.63) is 59.8 Å². The van der Waals surface area contributed by atoms with Gasteiger partial charge < -0.3 is 24.6 Å². The van der Waals surface area contributed by atoms with E-state index < -0.39 is 17.7 Å². The highest BCUT2D eigenvalue weighted by molar-refractivity contribution is 6.10. The van der Waals surface area contributed by atoms with Gasteiger partial charge in [-0.25, -0.2) is 4.79 Å². The number of aryl methyl sites for hydroxylation is 1. The first-order valence-corrected chi connectivity index (χ1v) is 12.0. The molecule has 2 heterocycles. The van der Waals surface area contributed by atoms with Crippen LogP contribution in [-0.4, -0.2) is 77.5 Å². The van der Waals surface area contributed by atoms with E-state index in [1.54, 1.807) is 40.7 Å². The van der Waals surface area contributed by atoms with Crippen LogP contribution in [0.25, 0.3) is 27.6 Å². The van der Waals surface area contributed by atoms with Crippen LogP contribution in [0.15, 0.2) is 48.7 Å². The topological polar surface area (TPSA) is 117 Å². The Kier molecular flexibility index (Phi) is 8.84. The molecule has 208 valence electrons. The summed E-state index contributed by atoms with van der Waals surface area (Å²) in [5, 5.41) is 17.2. The molecular formula is C26H27F3N4O6. The van der Waals surface area contributed by atoms with Crippen molar-refractivity contribution in [2.24, 2.45) is 7.05 Å². The van der Waals surface area contributed by atoms with Gasteiger partial charge in [0.1, 0.15) is 6.61 Å². The molecule has 39 heavy (non-hydrogen) atoms. The average molecular weight is 549 g/mol. The van der Waals surface area contributed by atoms with E-state index in [0.717, 1.165) is 22.9 Å². The quantitative estimate of drug-likeness (QED) is 0.246. The Labute approximate surface area is 220 Å². The van der Waals surface area contributed by atoms with E-state index in [9.17, 15) is 22.8 Å². The third kappa shape index (κ3) is 6.93. The van der Waals surface area contributed by atoms with Crippen LogP contribution in [0.5, 0.6) is 0 Å². The number of hydrogen-bond donors (Lipinski definition) is 2. The van der Waals surface area contributed by atoms with Crippen LogP contribution in [0, 0.1) is 0 Å². The molecule has 0 saturated carbocycles. The summed E-state index contributed by atoms with van der Waals surface area (Å²) in [4.78, 5) is 23.1. The maximum atomic E-state index is 13.0. The highest BCUT2D eigenvalue weighted by Crippen LogP contribution is 2.34. The SMILES string of the molecule is Cn1cc2c3cc(C(=O)NCCOCCOCCOCC(=O)O)ccc3n(-c3ccc(C(F)(F)F)cc3)c2n1. The lowest BCUT2D eigenvalue weighted by atomic mass is 10.1. The van der Waals surface area contributed by atoms with Crippen LogP contribution in [-0.2, 0) is 32.2 Å². The number of aliphatic carboxylic acids is 1. The number of carboxylic acid groups (broad SMARTS) is 1. The molecular weight excluding hydrogens is 521 g/mol. The molecule has 1 amide bonds.